The predicted molar refractivity (Wildman–Crippen MR) is 121 cm³/mol. The molecule has 0 aliphatic heterocycles. The Morgan fingerprint density at radius 1 is 1.13 bits per heavy atom. The molecule has 158 valence electrons. The molecule has 2 aromatic carbocycles. The molecule has 0 saturated carbocycles. The molecule has 2 heterocycles. The van der Waals surface area contributed by atoms with Gasteiger partial charge in [-0.3, -0.25) is 9.36 Å². The van der Waals surface area contributed by atoms with Crippen LogP contribution in [-0.4, -0.2) is 33.0 Å². The van der Waals surface area contributed by atoms with Gasteiger partial charge in [-0.2, -0.15) is 0 Å². The van der Waals surface area contributed by atoms with E-state index in [9.17, 15) is 4.79 Å². The Kier molecular flexibility index (Phi) is 6.59. The third kappa shape index (κ3) is 5.10. The minimum atomic E-state index is -0.159. The number of hydrogen-bond donors (Lipinski definition) is 1. The van der Waals surface area contributed by atoms with Crippen LogP contribution in [-0.2, 0) is 4.79 Å². The molecule has 0 fully saturated rings. The molecule has 0 saturated heterocycles. The van der Waals surface area contributed by atoms with Gasteiger partial charge in [0.05, 0.1) is 24.3 Å². The highest BCUT2D eigenvalue weighted by atomic mass is 35.5. The highest BCUT2D eigenvalue weighted by Gasteiger charge is 2.19. The number of carbonyl (C=O) groups excluding carboxylic acids is 1. The van der Waals surface area contributed by atoms with Gasteiger partial charge in [-0.05, 0) is 67.6 Å². The lowest BCUT2D eigenvalue weighted by molar-refractivity contribution is -0.113. The van der Waals surface area contributed by atoms with Crippen molar-refractivity contribution in [1.82, 2.24) is 14.8 Å². The molecule has 1 N–H and O–H groups in total. The lowest BCUT2D eigenvalue weighted by atomic mass is 10.3. The van der Waals surface area contributed by atoms with Crippen molar-refractivity contribution in [2.24, 2.45) is 0 Å². The molecule has 4 aromatic rings. The van der Waals surface area contributed by atoms with Gasteiger partial charge in [-0.15, -0.1) is 10.2 Å². The molecular weight excluding hydrogens is 436 g/mol. The molecule has 2 aromatic heterocycles. The van der Waals surface area contributed by atoms with Gasteiger partial charge in [0.2, 0.25) is 11.7 Å². The largest absolute Gasteiger partial charge is 0.494 e. The van der Waals surface area contributed by atoms with Crippen LogP contribution >= 0.6 is 23.4 Å². The fraction of sp³-hybridized carbons (Fsp3) is 0.136. The van der Waals surface area contributed by atoms with Crippen LogP contribution in [0, 0.1) is 0 Å². The Morgan fingerprint density at radius 3 is 2.58 bits per heavy atom. The number of anilines is 1. The Bertz CT molecular complexity index is 1140. The first-order valence-electron chi connectivity index (χ1n) is 9.55. The lowest BCUT2D eigenvalue weighted by Crippen LogP contribution is -2.14. The molecule has 31 heavy (non-hydrogen) atoms. The zero-order chi connectivity index (χ0) is 21.6. The summed E-state index contributed by atoms with van der Waals surface area (Å²) in [4.78, 5) is 12.4. The Hall–Kier alpha value is -3.23. The van der Waals surface area contributed by atoms with Crippen LogP contribution in [0.2, 0.25) is 5.02 Å². The normalized spacial score (nSPS) is 10.8. The number of furan rings is 1. The molecule has 0 atom stereocenters. The van der Waals surface area contributed by atoms with Crippen LogP contribution in [0.4, 0.5) is 5.69 Å². The van der Waals surface area contributed by atoms with Crippen LogP contribution in [0.5, 0.6) is 5.75 Å². The van der Waals surface area contributed by atoms with Gasteiger partial charge in [0.15, 0.2) is 10.9 Å². The highest BCUT2D eigenvalue weighted by molar-refractivity contribution is 7.99. The molecule has 0 spiro atoms. The summed E-state index contributed by atoms with van der Waals surface area (Å²) in [5.41, 5.74) is 1.51. The number of hydrogen-bond acceptors (Lipinski definition) is 6. The van der Waals surface area contributed by atoms with Crippen molar-refractivity contribution in [3.05, 3.63) is 71.9 Å². The smallest absolute Gasteiger partial charge is 0.234 e. The van der Waals surface area contributed by atoms with Gasteiger partial charge < -0.3 is 14.5 Å². The summed E-state index contributed by atoms with van der Waals surface area (Å²) in [5, 5.41) is 12.6. The fourth-order valence-corrected chi connectivity index (χ4v) is 3.76. The van der Waals surface area contributed by atoms with E-state index >= 15 is 0 Å². The van der Waals surface area contributed by atoms with Crippen molar-refractivity contribution >= 4 is 35.0 Å². The van der Waals surface area contributed by atoms with E-state index < -0.39 is 0 Å². The van der Waals surface area contributed by atoms with Crippen LogP contribution in [0.3, 0.4) is 0 Å². The summed E-state index contributed by atoms with van der Waals surface area (Å²) in [6.07, 6.45) is 1.58. The van der Waals surface area contributed by atoms with E-state index in [0.29, 0.717) is 34.1 Å². The molecule has 0 aliphatic carbocycles. The number of amides is 1. The standard InChI is InChI=1S/C22H19ClN4O3S/c1-2-29-18-11-9-17(10-12-18)27-21(19-4-3-13-30-19)25-26-22(27)31-14-20(28)24-16-7-5-15(23)6-8-16/h3-13H,2,14H2,1H3,(H,24,28). The Morgan fingerprint density at radius 2 is 1.90 bits per heavy atom. The first kappa shape index (κ1) is 21.0. The third-order valence-corrected chi connectivity index (χ3v) is 5.42. The summed E-state index contributed by atoms with van der Waals surface area (Å²) in [7, 11) is 0. The molecule has 0 radical (unpaired) electrons. The van der Waals surface area contributed by atoms with E-state index in [-0.39, 0.29) is 11.7 Å². The second kappa shape index (κ2) is 9.72. The molecule has 7 nitrogen and oxygen atoms in total. The van der Waals surface area contributed by atoms with E-state index in [2.05, 4.69) is 15.5 Å². The van der Waals surface area contributed by atoms with Crippen molar-refractivity contribution in [2.45, 2.75) is 12.1 Å². The van der Waals surface area contributed by atoms with Gasteiger partial charge in [0.25, 0.3) is 0 Å². The van der Waals surface area contributed by atoms with E-state index in [1.807, 2.05) is 41.8 Å². The Balaban J connectivity index is 1.55. The van der Waals surface area contributed by atoms with E-state index in [4.69, 9.17) is 20.8 Å². The summed E-state index contributed by atoms with van der Waals surface area (Å²) >= 11 is 7.17. The van der Waals surface area contributed by atoms with Gasteiger partial charge >= 0.3 is 0 Å². The van der Waals surface area contributed by atoms with Gasteiger partial charge in [0, 0.05) is 10.7 Å². The average Bonchev–Trinajstić information content (AvgIpc) is 3.44. The van der Waals surface area contributed by atoms with E-state index in [1.165, 1.54) is 11.8 Å². The van der Waals surface area contributed by atoms with Crippen molar-refractivity contribution in [1.29, 1.82) is 0 Å². The van der Waals surface area contributed by atoms with Gasteiger partial charge in [0.1, 0.15) is 5.75 Å². The van der Waals surface area contributed by atoms with E-state index in [1.54, 1.807) is 36.6 Å². The number of benzene rings is 2. The van der Waals surface area contributed by atoms with E-state index in [0.717, 1.165) is 11.4 Å². The predicted octanol–water partition coefficient (Wildman–Crippen LogP) is 5.31. The van der Waals surface area contributed by atoms with Crippen LogP contribution in [0.15, 0.2) is 76.5 Å². The fourth-order valence-electron chi connectivity index (χ4n) is 2.88. The summed E-state index contributed by atoms with van der Waals surface area (Å²) in [6.45, 7) is 2.53. The number of thioether (sulfide) groups is 1. The zero-order valence-corrected chi connectivity index (χ0v) is 18.2. The van der Waals surface area contributed by atoms with Gasteiger partial charge in [-0.25, -0.2) is 0 Å². The quantitative estimate of drug-likeness (QED) is 0.363. The molecule has 1 amide bonds. The summed E-state index contributed by atoms with van der Waals surface area (Å²) in [6, 6.07) is 18.2. The van der Waals surface area contributed by atoms with Crippen molar-refractivity contribution in [2.75, 3.05) is 17.7 Å². The molecular formula is C22H19ClN4O3S. The monoisotopic (exact) mass is 454 g/mol. The molecule has 0 bridgehead atoms. The number of nitrogens with one attached hydrogen (secondary N) is 1. The number of ether oxygens (including phenoxy) is 1. The van der Waals surface area contributed by atoms with Crippen LogP contribution in [0.25, 0.3) is 17.3 Å². The number of carbonyl (C=O) groups is 1. The second-order valence-electron chi connectivity index (χ2n) is 6.39. The summed E-state index contributed by atoms with van der Waals surface area (Å²) in [5.74, 6) is 1.91. The van der Waals surface area contributed by atoms with Gasteiger partial charge in [-0.1, -0.05) is 23.4 Å². The van der Waals surface area contributed by atoms with Crippen molar-refractivity contribution < 1.29 is 13.9 Å². The number of rotatable bonds is 8. The average molecular weight is 455 g/mol. The molecule has 0 unspecified atom stereocenters. The molecule has 9 heteroatoms. The minimum Gasteiger partial charge on any atom is -0.494 e. The maximum atomic E-state index is 12.4. The number of nitrogens with zero attached hydrogens (tertiary/aromatic N) is 3. The van der Waals surface area contributed by atoms with Crippen molar-refractivity contribution in [3.63, 3.8) is 0 Å². The number of aromatic nitrogens is 3. The minimum absolute atomic E-state index is 0.159. The topological polar surface area (TPSA) is 82.2 Å². The SMILES string of the molecule is CCOc1ccc(-n2c(SCC(=O)Nc3ccc(Cl)cc3)nnc2-c2ccco2)cc1. The summed E-state index contributed by atoms with van der Waals surface area (Å²) < 4.78 is 12.9. The third-order valence-electron chi connectivity index (χ3n) is 4.24. The number of halogens is 1. The lowest BCUT2D eigenvalue weighted by Gasteiger charge is -2.10. The zero-order valence-electron chi connectivity index (χ0n) is 16.6. The van der Waals surface area contributed by atoms with Crippen molar-refractivity contribution in [3.8, 4) is 23.0 Å². The first-order valence-corrected chi connectivity index (χ1v) is 10.9. The Labute approximate surface area is 188 Å². The maximum Gasteiger partial charge on any atom is 0.234 e. The highest BCUT2D eigenvalue weighted by Crippen LogP contribution is 2.29. The molecule has 0 aliphatic rings. The van der Waals surface area contributed by atoms with Crippen LogP contribution < -0.4 is 10.1 Å². The second-order valence-corrected chi connectivity index (χ2v) is 7.77. The maximum absolute atomic E-state index is 12.4. The first-order chi connectivity index (χ1) is 15.1. The van der Waals surface area contributed by atoms with Crippen LogP contribution in [0.1, 0.15) is 6.92 Å². The molecule has 4 rings (SSSR count).